The monoisotopic (exact) mass is 460 g/mol. The molecule has 0 saturated carbocycles. The fourth-order valence-corrected chi connectivity index (χ4v) is 5.14. The van der Waals surface area contributed by atoms with E-state index in [0.29, 0.717) is 30.2 Å². The van der Waals surface area contributed by atoms with Crippen molar-refractivity contribution < 1.29 is 17.7 Å². The van der Waals surface area contributed by atoms with Crippen molar-refractivity contribution >= 4 is 27.5 Å². The summed E-state index contributed by atoms with van der Waals surface area (Å²) in [6, 6.07) is 15.3. The number of carbonyl (C=O) groups is 1. The van der Waals surface area contributed by atoms with Crippen LogP contribution in [-0.4, -0.2) is 41.9 Å². The first-order chi connectivity index (χ1) is 14.9. The standard InChI is InChI=1S/C21H21ClN4O4S/c22-17-10-8-15(9-11-17)20-24-19(30-25-20)13-23-21(27)16-5-4-12-26(14-16)31(28,29)18-6-2-1-3-7-18/h1-3,6-11,16H,4-5,12-14H2,(H,23,27)/t16-/m1/s1. The van der Waals surface area contributed by atoms with Gasteiger partial charge < -0.3 is 9.84 Å². The first kappa shape index (κ1) is 21.5. The van der Waals surface area contributed by atoms with Crippen LogP contribution in [0, 0.1) is 5.92 Å². The van der Waals surface area contributed by atoms with Gasteiger partial charge in [-0.3, -0.25) is 4.79 Å². The number of amides is 1. The number of hydrogen-bond donors (Lipinski definition) is 1. The third kappa shape index (κ3) is 4.95. The van der Waals surface area contributed by atoms with Gasteiger partial charge in [0, 0.05) is 23.7 Å². The van der Waals surface area contributed by atoms with Crippen molar-refractivity contribution in [3.63, 3.8) is 0 Å². The highest BCUT2D eigenvalue weighted by Crippen LogP contribution is 2.24. The summed E-state index contributed by atoms with van der Waals surface area (Å²) in [5, 5.41) is 7.30. The van der Waals surface area contributed by atoms with Gasteiger partial charge in [0.25, 0.3) is 0 Å². The lowest BCUT2D eigenvalue weighted by Crippen LogP contribution is -2.45. The van der Waals surface area contributed by atoms with E-state index in [9.17, 15) is 13.2 Å². The maximum absolute atomic E-state index is 12.8. The van der Waals surface area contributed by atoms with Gasteiger partial charge in [-0.15, -0.1) is 0 Å². The van der Waals surface area contributed by atoms with Crippen molar-refractivity contribution in [2.75, 3.05) is 13.1 Å². The number of aromatic nitrogens is 2. The van der Waals surface area contributed by atoms with Gasteiger partial charge in [-0.05, 0) is 49.2 Å². The van der Waals surface area contributed by atoms with Gasteiger partial charge in [0.2, 0.25) is 27.6 Å². The van der Waals surface area contributed by atoms with E-state index < -0.39 is 15.9 Å². The van der Waals surface area contributed by atoms with E-state index in [2.05, 4.69) is 15.5 Å². The zero-order chi connectivity index (χ0) is 21.8. The molecule has 0 radical (unpaired) electrons. The second-order valence-corrected chi connectivity index (χ2v) is 9.63. The number of hydrogen-bond acceptors (Lipinski definition) is 6. The average molecular weight is 461 g/mol. The van der Waals surface area contributed by atoms with E-state index in [0.717, 1.165) is 5.56 Å². The number of rotatable bonds is 6. The summed E-state index contributed by atoms with van der Waals surface area (Å²) in [6.07, 6.45) is 1.23. The fraction of sp³-hybridized carbons (Fsp3) is 0.286. The van der Waals surface area contributed by atoms with Crippen LogP contribution in [0.2, 0.25) is 5.02 Å². The molecule has 1 saturated heterocycles. The van der Waals surface area contributed by atoms with E-state index in [1.807, 2.05) is 0 Å². The topological polar surface area (TPSA) is 105 Å². The maximum atomic E-state index is 12.8. The van der Waals surface area contributed by atoms with Crippen LogP contribution >= 0.6 is 11.6 Å². The summed E-state index contributed by atoms with van der Waals surface area (Å²) < 4.78 is 32.3. The maximum Gasteiger partial charge on any atom is 0.246 e. The van der Waals surface area contributed by atoms with Crippen LogP contribution in [0.4, 0.5) is 0 Å². The lowest BCUT2D eigenvalue weighted by atomic mass is 9.99. The third-order valence-corrected chi connectivity index (χ3v) is 7.25. The molecule has 1 amide bonds. The summed E-state index contributed by atoms with van der Waals surface area (Å²) in [5.41, 5.74) is 0.750. The van der Waals surface area contributed by atoms with E-state index in [-0.39, 0.29) is 29.8 Å². The van der Waals surface area contributed by atoms with Crippen molar-refractivity contribution in [3.8, 4) is 11.4 Å². The molecular formula is C21H21ClN4O4S. The zero-order valence-electron chi connectivity index (χ0n) is 16.6. The summed E-state index contributed by atoms with van der Waals surface area (Å²) in [4.78, 5) is 17.2. The summed E-state index contributed by atoms with van der Waals surface area (Å²) in [6.45, 7) is 0.611. The predicted octanol–water partition coefficient (Wildman–Crippen LogP) is 3.11. The van der Waals surface area contributed by atoms with Gasteiger partial charge in [-0.25, -0.2) is 8.42 Å². The Balaban J connectivity index is 1.36. The molecule has 0 spiro atoms. The smallest absolute Gasteiger partial charge is 0.246 e. The SMILES string of the molecule is O=C(NCc1nc(-c2ccc(Cl)cc2)no1)[C@@H]1CCCN(S(=O)(=O)c2ccccc2)C1. The van der Waals surface area contributed by atoms with Crippen LogP contribution in [0.3, 0.4) is 0 Å². The summed E-state index contributed by atoms with van der Waals surface area (Å²) >= 11 is 5.88. The number of nitrogens with zero attached hydrogens (tertiary/aromatic N) is 3. The van der Waals surface area contributed by atoms with Crippen molar-refractivity contribution in [1.29, 1.82) is 0 Å². The Labute approximate surface area is 185 Å². The molecule has 31 heavy (non-hydrogen) atoms. The fourth-order valence-electron chi connectivity index (χ4n) is 3.47. The number of benzene rings is 2. The Hall–Kier alpha value is -2.75. The molecule has 162 valence electrons. The molecule has 1 atom stereocenters. The lowest BCUT2D eigenvalue weighted by molar-refractivity contribution is -0.126. The predicted molar refractivity (Wildman–Crippen MR) is 115 cm³/mol. The Morgan fingerprint density at radius 3 is 2.65 bits per heavy atom. The molecule has 2 aromatic carbocycles. The number of halogens is 1. The largest absolute Gasteiger partial charge is 0.347 e. The highest BCUT2D eigenvalue weighted by Gasteiger charge is 2.33. The van der Waals surface area contributed by atoms with E-state index in [1.54, 1.807) is 54.6 Å². The molecule has 1 aliphatic heterocycles. The van der Waals surface area contributed by atoms with Crippen molar-refractivity contribution in [2.24, 2.45) is 5.92 Å². The second kappa shape index (κ2) is 9.17. The molecule has 4 rings (SSSR count). The molecule has 1 aliphatic rings. The van der Waals surface area contributed by atoms with Crippen LogP contribution < -0.4 is 5.32 Å². The molecule has 0 aliphatic carbocycles. The van der Waals surface area contributed by atoms with Gasteiger partial charge in [-0.2, -0.15) is 9.29 Å². The van der Waals surface area contributed by atoms with Crippen LogP contribution in [0.25, 0.3) is 11.4 Å². The number of piperidine rings is 1. The lowest BCUT2D eigenvalue weighted by Gasteiger charge is -2.31. The summed E-state index contributed by atoms with van der Waals surface area (Å²) in [7, 11) is -3.62. The third-order valence-electron chi connectivity index (χ3n) is 5.12. The van der Waals surface area contributed by atoms with Crippen LogP contribution in [0.5, 0.6) is 0 Å². The molecular weight excluding hydrogens is 440 g/mol. The van der Waals surface area contributed by atoms with E-state index in [4.69, 9.17) is 16.1 Å². The second-order valence-electron chi connectivity index (χ2n) is 7.25. The number of carbonyl (C=O) groups excluding carboxylic acids is 1. The van der Waals surface area contributed by atoms with Gasteiger partial charge >= 0.3 is 0 Å². The summed E-state index contributed by atoms with van der Waals surface area (Å²) in [5.74, 6) is -0.00770. The molecule has 2 heterocycles. The highest BCUT2D eigenvalue weighted by molar-refractivity contribution is 7.89. The molecule has 1 aromatic heterocycles. The average Bonchev–Trinajstić information content (AvgIpc) is 3.27. The molecule has 10 heteroatoms. The Morgan fingerprint density at radius 1 is 1.16 bits per heavy atom. The highest BCUT2D eigenvalue weighted by atomic mass is 35.5. The molecule has 0 unspecified atom stereocenters. The van der Waals surface area contributed by atoms with Crippen LogP contribution in [-0.2, 0) is 21.4 Å². The number of sulfonamides is 1. The van der Waals surface area contributed by atoms with Gasteiger partial charge in [0.15, 0.2) is 0 Å². The minimum Gasteiger partial charge on any atom is -0.347 e. The number of nitrogens with one attached hydrogen (secondary N) is 1. The normalized spacial score (nSPS) is 17.4. The van der Waals surface area contributed by atoms with Crippen molar-refractivity contribution in [2.45, 2.75) is 24.3 Å². The zero-order valence-corrected chi connectivity index (χ0v) is 18.1. The minimum absolute atomic E-state index is 0.0708. The van der Waals surface area contributed by atoms with Crippen LogP contribution in [0.1, 0.15) is 18.7 Å². The molecule has 1 N–H and O–H groups in total. The van der Waals surface area contributed by atoms with E-state index >= 15 is 0 Å². The Morgan fingerprint density at radius 2 is 1.90 bits per heavy atom. The Kier molecular flexibility index (Phi) is 6.35. The first-order valence-electron chi connectivity index (χ1n) is 9.85. The van der Waals surface area contributed by atoms with Gasteiger partial charge in [-0.1, -0.05) is 35.0 Å². The van der Waals surface area contributed by atoms with Gasteiger partial charge in [0.1, 0.15) is 0 Å². The molecule has 8 nitrogen and oxygen atoms in total. The van der Waals surface area contributed by atoms with Crippen LogP contribution in [0.15, 0.2) is 64.0 Å². The molecule has 3 aromatic rings. The van der Waals surface area contributed by atoms with Crippen molar-refractivity contribution in [3.05, 3.63) is 65.5 Å². The van der Waals surface area contributed by atoms with Gasteiger partial charge in [0.05, 0.1) is 17.4 Å². The quantitative estimate of drug-likeness (QED) is 0.606. The molecule has 0 bridgehead atoms. The van der Waals surface area contributed by atoms with E-state index in [1.165, 1.54) is 4.31 Å². The Bertz CT molecular complexity index is 1150. The first-order valence-corrected chi connectivity index (χ1v) is 11.7. The minimum atomic E-state index is -3.62. The van der Waals surface area contributed by atoms with Crippen molar-refractivity contribution in [1.82, 2.24) is 19.8 Å². The molecule has 1 fully saturated rings.